The molecule has 0 aliphatic heterocycles. The summed E-state index contributed by atoms with van der Waals surface area (Å²) in [6.07, 6.45) is 0. The Morgan fingerprint density at radius 3 is 3.00 bits per heavy atom. The summed E-state index contributed by atoms with van der Waals surface area (Å²) in [6, 6.07) is 2.30. The van der Waals surface area contributed by atoms with Gasteiger partial charge in [0.05, 0.1) is 13.2 Å². The Kier molecular flexibility index (Phi) is 5.28. The lowest BCUT2D eigenvalue weighted by Gasteiger charge is -2.12. The molecule has 0 bridgehead atoms. The van der Waals surface area contributed by atoms with E-state index in [1.165, 1.54) is 10.4 Å². The third-order valence-electron chi connectivity index (χ3n) is 2.00. The summed E-state index contributed by atoms with van der Waals surface area (Å²) >= 11 is 1.71. The highest BCUT2D eigenvalue weighted by molar-refractivity contribution is 7.10. The van der Waals surface area contributed by atoms with E-state index in [-0.39, 0.29) is 6.04 Å². The van der Waals surface area contributed by atoms with Gasteiger partial charge in [-0.3, -0.25) is 0 Å². The van der Waals surface area contributed by atoms with Gasteiger partial charge in [0.2, 0.25) is 0 Å². The van der Waals surface area contributed by atoms with Crippen molar-refractivity contribution >= 4 is 17.3 Å². The molecule has 0 saturated carbocycles. The highest BCUT2D eigenvalue weighted by Crippen LogP contribution is 2.14. The third-order valence-corrected chi connectivity index (χ3v) is 3.04. The number of guanidine groups is 1. The Morgan fingerprint density at radius 1 is 1.69 bits per heavy atom. The molecular formula is C11H19N3OS. The predicted molar refractivity (Wildman–Crippen MR) is 68.9 cm³/mol. The summed E-state index contributed by atoms with van der Waals surface area (Å²) in [5.74, 6) is 0.468. The van der Waals surface area contributed by atoms with Gasteiger partial charge in [-0.25, -0.2) is 4.99 Å². The molecule has 4 nitrogen and oxygen atoms in total. The van der Waals surface area contributed by atoms with E-state index in [1.807, 2.05) is 6.92 Å². The Hall–Kier alpha value is -1.07. The smallest absolute Gasteiger partial charge is 0.189 e. The van der Waals surface area contributed by atoms with Crippen molar-refractivity contribution < 1.29 is 4.74 Å². The fourth-order valence-electron chi connectivity index (χ4n) is 1.33. The monoisotopic (exact) mass is 241 g/mol. The Morgan fingerprint density at radius 2 is 2.44 bits per heavy atom. The topological polar surface area (TPSA) is 59.6 Å². The van der Waals surface area contributed by atoms with Gasteiger partial charge in [-0.15, -0.1) is 11.3 Å². The molecule has 1 heterocycles. The summed E-state index contributed by atoms with van der Waals surface area (Å²) in [4.78, 5) is 5.49. The molecule has 90 valence electrons. The van der Waals surface area contributed by atoms with Crippen LogP contribution in [0.2, 0.25) is 0 Å². The minimum absolute atomic E-state index is 0.179. The van der Waals surface area contributed by atoms with Crippen LogP contribution in [0.1, 0.15) is 17.4 Å². The first-order chi connectivity index (χ1) is 7.61. The minimum Gasteiger partial charge on any atom is -0.383 e. The zero-order chi connectivity index (χ0) is 12.0. The fourth-order valence-corrected chi connectivity index (χ4v) is 2.12. The summed E-state index contributed by atoms with van der Waals surface area (Å²) in [5.41, 5.74) is 7.02. The molecule has 1 aromatic heterocycles. The van der Waals surface area contributed by atoms with Crippen LogP contribution in [-0.2, 0) is 11.3 Å². The van der Waals surface area contributed by atoms with Gasteiger partial charge in [0, 0.05) is 18.0 Å². The van der Waals surface area contributed by atoms with Gasteiger partial charge in [-0.1, -0.05) is 0 Å². The van der Waals surface area contributed by atoms with Gasteiger partial charge in [0.1, 0.15) is 0 Å². The molecule has 1 aromatic rings. The average Bonchev–Trinajstić information content (AvgIpc) is 2.61. The van der Waals surface area contributed by atoms with Crippen molar-refractivity contribution in [1.29, 1.82) is 0 Å². The second kappa shape index (κ2) is 6.50. The van der Waals surface area contributed by atoms with Gasteiger partial charge in [-0.2, -0.15) is 0 Å². The van der Waals surface area contributed by atoms with Crippen molar-refractivity contribution in [3.05, 3.63) is 21.9 Å². The van der Waals surface area contributed by atoms with Crippen LogP contribution in [0.15, 0.2) is 16.4 Å². The summed E-state index contributed by atoms with van der Waals surface area (Å²) in [7, 11) is 1.67. The molecule has 0 radical (unpaired) electrons. The Labute approximate surface area is 101 Å². The maximum atomic E-state index is 5.75. The van der Waals surface area contributed by atoms with Crippen LogP contribution in [0.3, 0.4) is 0 Å². The van der Waals surface area contributed by atoms with Crippen LogP contribution >= 0.6 is 11.3 Å². The lowest BCUT2D eigenvalue weighted by Crippen LogP contribution is -2.40. The molecule has 0 amide bonds. The first-order valence-corrected chi connectivity index (χ1v) is 6.09. The van der Waals surface area contributed by atoms with E-state index in [0.29, 0.717) is 19.1 Å². The second-order valence-electron chi connectivity index (χ2n) is 3.79. The molecule has 1 atom stereocenters. The van der Waals surface area contributed by atoms with Crippen molar-refractivity contribution in [2.24, 2.45) is 10.7 Å². The first-order valence-electron chi connectivity index (χ1n) is 5.21. The van der Waals surface area contributed by atoms with Crippen molar-refractivity contribution in [2.75, 3.05) is 13.7 Å². The molecule has 0 aliphatic carbocycles. The van der Waals surface area contributed by atoms with Crippen LogP contribution in [0, 0.1) is 6.92 Å². The first kappa shape index (κ1) is 13.0. The lowest BCUT2D eigenvalue weighted by molar-refractivity contribution is 0.179. The van der Waals surface area contributed by atoms with Gasteiger partial charge in [-0.05, 0) is 30.9 Å². The van der Waals surface area contributed by atoms with Gasteiger partial charge < -0.3 is 15.8 Å². The number of ether oxygens (including phenoxy) is 1. The highest BCUT2D eigenvalue weighted by atomic mass is 32.1. The van der Waals surface area contributed by atoms with Crippen molar-refractivity contribution in [3.8, 4) is 0 Å². The number of aliphatic imine (C=N–C) groups is 1. The Bertz CT molecular complexity index is 349. The Balaban J connectivity index is 2.39. The molecule has 0 aromatic carbocycles. The number of hydrogen-bond acceptors (Lipinski definition) is 3. The number of nitrogens with zero attached hydrogens (tertiary/aromatic N) is 1. The minimum atomic E-state index is 0.179. The fraction of sp³-hybridized carbons (Fsp3) is 0.545. The van der Waals surface area contributed by atoms with Crippen LogP contribution in [-0.4, -0.2) is 25.7 Å². The molecule has 16 heavy (non-hydrogen) atoms. The highest BCUT2D eigenvalue weighted by Gasteiger charge is 2.01. The van der Waals surface area contributed by atoms with Crippen molar-refractivity contribution in [2.45, 2.75) is 26.4 Å². The molecule has 1 unspecified atom stereocenters. The van der Waals surface area contributed by atoms with E-state index in [9.17, 15) is 0 Å². The van der Waals surface area contributed by atoms with Crippen LogP contribution < -0.4 is 11.1 Å². The van der Waals surface area contributed by atoms with E-state index in [4.69, 9.17) is 10.5 Å². The molecule has 5 heteroatoms. The molecule has 3 N–H and O–H groups in total. The number of nitrogens with two attached hydrogens (primary N) is 1. The SMILES string of the molecule is COCC(C)NC(N)=NCc1cc(C)cs1. The summed E-state index contributed by atoms with van der Waals surface area (Å²) in [6.45, 7) is 5.33. The zero-order valence-corrected chi connectivity index (χ0v) is 10.8. The van der Waals surface area contributed by atoms with E-state index in [1.54, 1.807) is 18.4 Å². The molecule has 0 saturated heterocycles. The molecule has 0 aliphatic rings. The van der Waals surface area contributed by atoms with Gasteiger partial charge in [0.15, 0.2) is 5.96 Å². The standard InChI is InChI=1S/C11H19N3OS/c1-8-4-10(16-7-8)5-13-11(12)14-9(2)6-15-3/h4,7,9H,5-6H2,1-3H3,(H3,12,13,14). The maximum Gasteiger partial charge on any atom is 0.189 e. The van der Waals surface area contributed by atoms with Crippen LogP contribution in [0.4, 0.5) is 0 Å². The number of nitrogens with one attached hydrogen (secondary N) is 1. The lowest BCUT2D eigenvalue weighted by atomic mass is 10.3. The maximum absolute atomic E-state index is 5.75. The largest absolute Gasteiger partial charge is 0.383 e. The third kappa shape index (κ3) is 4.63. The van der Waals surface area contributed by atoms with Crippen molar-refractivity contribution in [1.82, 2.24) is 5.32 Å². The average molecular weight is 241 g/mol. The molecule has 0 fully saturated rings. The molecular weight excluding hydrogens is 222 g/mol. The van der Waals surface area contributed by atoms with Gasteiger partial charge in [0.25, 0.3) is 0 Å². The van der Waals surface area contributed by atoms with Crippen molar-refractivity contribution in [3.63, 3.8) is 0 Å². The number of methoxy groups -OCH3 is 1. The van der Waals surface area contributed by atoms with Crippen LogP contribution in [0.25, 0.3) is 0 Å². The number of thiophene rings is 1. The number of hydrogen-bond donors (Lipinski definition) is 2. The van der Waals surface area contributed by atoms with E-state index < -0.39 is 0 Å². The summed E-state index contributed by atoms with van der Waals surface area (Å²) in [5, 5.41) is 5.18. The molecule has 0 spiro atoms. The van der Waals surface area contributed by atoms with E-state index in [0.717, 1.165) is 0 Å². The second-order valence-corrected chi connectivity index (χ2v) is 4.79. The normalized spacial score (nSPS) is 13.8. The predicted octanol–water partition coefficient (Wildman–Crippen LogP) is 1.50. The summed E-state index contributed by atoms with van der Waals surface area (Å²) < 4.78 is 5.00. The zero-order valence-electron chi connectivity index (χ0n) is 9.99. The number of aryl methyl sites for hydroxylation is 1. The van der Waals surface area contributed by atoms with E-state index in [2.05, 4.69) is 28.7 Å². The molecule has 1 rings (SSSR count). The quantitative estimate of drug-likeness (QED) is 0.606. The van der Waals surface area contributed by atoms with Crippen LogP contribution in [0.5, 0.6) is 0 Å². The van der Waals surface area contributed by atoms with E-state index >= 15 is 0 Å². The van der Waals surface area contributed by atoms with Gasteiger partial charge >= 0.3 is 0 Å². The number of rotatable bonds is 5.